The molecule has 0 saturated heterocycles. The number of benzene rings is 2. The molecule has 3 aromatic heterocycles. The van der Waals surface area contributed by atoms with Crippen LogP contribution < -0.4 is 10.9 Å². The minimum atomic E-state index is -1.24. The number of aryl methyl sites for hydroxylation is 4. The molecule has 0 aliphatic heterocycles. The van der Waals surface area contributed by atoms with Crippen LogP contribution >= 0.6 is 0 Å². The largest absolute Gasteiger partial charge is 0.508 e. The Hall–Kier alpha value is -4.53. The summed E-state index contributed by atoms with van der Waals surface area (Å²) in [5, 5.41) is 24.3. The first-order valence-electron chi connectivity index (χ1n) is 11.8. The monoisotopic (exact) mass is 502 g/mol. The molecule has 5 rings (SSSR count). The van der Waals surface area contributed by atoms with Crippen LogP contribution in [0, 0.1) is 27.7 Å². The average molecular weight is 503 g/mol. The molecular formula is C28H26N2O7. The van der Waals surface area contributed by atoms with Gasteiger partial charge in [-0.25, -0.2) is 9.59 Å². The van der Waals surface area contributed by atoms with Gasteiger partial charge in [-0.15, -0.1) is 0 Å². The van der Waals surface area contributed by atoms with Crippen molar-refractivity contribution in [2.24, 2.45) is 0 Å². The normalized spacial score (nSPS) is 12.4. The Kier molecular flexibility index (Phi) is 5.78. The third-order valence-electron chi connectivity index (χ3n) is 7.02. The average Bonchev–Trinajstić information content (AvgIpc) is 3.36. The number of carbonyl (C=O) groups excluding carboxylic acids is 1. The number of aromatic amines is 1. The maximum absolute atomic E-state index is 13.0. The van der Waals surface area contributed by atoms with Crippen molar-refractivity contribution in [1.29, 1.82) is 0 Å². The van der Waals surface area contributed by atoms with Crippen LogP contribution in [0.1, 0.15) is 33.6 Å². The summed E-state index contributed by atoms with van der Waals surface area (Å²) in [6.45, 7) is 7.48. The van der Waals surface area contributed by atoms with Gasteiger partial charge in [0.05, 0.1) is 17.4 Å². The molecule has 0 unspecified atom stereocenters. The molecule has 2 aromatic carbocycles. The van der Waals surface area contributed by atoms with Crippen LogP contribution in [0.4, 0.5) is 0 Å². The summed E-state index contributed by atoms with van der Waals surface area (Å²) in [7, 11) is 0. The Labute approximate surface area is 210 Å². The van der Waals surface area contributed by atoms with Crippen molar-refractivity contribution < 1.29 is 28.6 Å². The molecule has 0 aliphatic carbocycles. The van der Waals surface area contributed by atoms with Crippen molar-refractivity contribution in [2.45, 2.75) is 46.6 Å². The minimum absolute atomic E-state index is 0.0132. The molecule has 0 radical (unpaired) electrons. The van der Waals surface area contributed by atoms with Gasteiger partial charge in [0.15, 0.2) is 0 Å². The molecule has 4 N–H and O–H groups in total. The number of carboxylic acid groups (broad SMARTS) is 1. The number of aliphatic carboxylic acids is 1. The predicted molar refractivity (Wildman–Crippen MR) is 138 cm³/mol. The van der Waals surface area contributed by atoms with Crippen LogP contribution in [0.5, 0.6) is 5.75 Å². The van der Waals surface area contributed by atoms with Gasteiger partial charge in [-0.2, -0.15) is 0 Å². The zero-order valence-corrected chi connectivity index (χ0v) is 20.8. The second kappa shape index (κ2) is 8.85. The number of carbonyl (C=O) groups is 2. The van der Waals surface area contributed by atoms with Gasteiger partial charge in [-0.05, 0) is 74.2 Å². The highest BCUT2D eigenvalue weighted by molar-refractivity contribution is 6.07. The van der Waals surface area contributed by atoms with E-state index in [9.17, 15) is 24.6 Å². The van der Waals surface area contributed by atoms with E-state index in [2.05, 4.69) is 10.3 Å². The maximum Gasteiger partial charge on any atom is 0.340 e. The van der Waals surface area contributed by atoms with Crippen LogP contribution in [-0.4, -0.2) is 33.1 Å². The number of phenols is 1. The standard InChI is InChI=1S/C28H26N2O7/c1-12-7-22-25(26-24(12)13(2)15(4)36-26)14(3)18(28(35)37-22)10-23(32)30-21(27(33)34)8-16-11-29-20-6-5-17(31)9-19(16)20/h5-7,9,11,21,29,31H,8,10H2,1-4H3,(H,30,32)(H,33,34)/t21-/m0/s1. The molecule has 3 heterocycles. The molecule has 0 spiro atoms. The van der Waals surface area contributed by atoms with E-state index in [1.807, 2.05) is 20.8 Å². The zero-order chi connectivity index (χ0) is 26.6. The Morgan fingerprint density at radius 3 is 2.54 bits per heavy atom. The van der Waals surface area contributed by atoms with Gasteiger partial charge < -0.3 is 29.3 Å². The van der Waals surface area contributed by atoms with Gasteiger partial charge >= 0.3 is 11.6 Å². The highest BCUT2D eigenvalue weighted by Crippen LogP contribution is 2.36. The summed E-state index contributed by atoms with van der Waals surface area (Å²) < 4.78 is 11.6. The number of fused-ring (bicyclic) bond motifs is 4. The fraction of sp³-hybridized carbons (Fsp3) is 0.250. The summed E-state index contributed by atoms with van der Waals surface area (Å²) in [5.74, 6) is -1.04. The van der Waals surface area contributed by atoms with Crippen molar-refractivity contribution in [3.05, 3.63) is 74.5 Å². The lowest BCUT2D eigenvalue weighted by Gasteiger charge is -2.15. The number of hydrogen-bond acceptors (Lipinski definition) is 6. The number of rotatable bonds is 6. The highest BCUT2D eigenvalue weighted by atomic mass is 16.4. The molecule has 37 heavy (non-hydrogen) atoms. The maximum atomic E-state index is 13.0. The van der Waals surface area contributed by atoms with Crippen LogP contribution in [-0.2, 0) is 22.4 Å². The number of amides is 1. The van der Waals surface area contributed by atoms with Gasteiger partial charge in [-0.1, -0.05) is 0 Å². The van der Waals surface area contributed by atoms with E-state index in [-0.39, 0.29) is 24.2 Å². The van der Waals surface area contributed by atoms with Crippen molar-refractivity contribution in [3.8, 4) is 5.75 Å². The molecular weight excluding hydrogens is 476 g/mol. The van der Waals surface area contributed by atoms with Gasteiger partial charge in [0.2, 0.25) is 5.91 Å². The molecule has 5 aromatic rings. The van der Waals surface area contributed by atoms with E-state index in [4.69, 9.17) is 8.83 Å². The molecule has 190 valence electrons. The molecule has 0 aliphatic rings. The number of aromatic hydroxyl groups is 1. The Bertz CT molecular complexity index is 1790. The summed E-state index contributed by atoms with van der Waals surface area (Å²) in [5.41, 5.74) is 4.28. The summed E-state index contributed by atoms with van der Waals surface area (Å²) in [6.07, 6.45) is 1.28. The number of aromatic nitrogens is 1. The van der Waals surface area contributed by atoms with Crippen LogP contribution in [0.25, 0.3) is 32.8 Å². The van der Waals surface area contributed by atoms with E-state index in [1.165, 1.54) is 12.1 Å². The third kappa shape index (κ3) is 4.12. The number of furan rings is 1. The zero-order valence-electron chi connectivity index (χ0n) is 20.8. The van der Waals surface area contributed by atoms with Crippen molar-refractivity contribution in [3.63, 3.8) is 0 Å². The number of phenolic OH excluding ortho intramolecular Hbond substituents is 1. The smallest absolute Gasteiger partial charge is 0.340 e. The second-order valence-corrected chi connectivity index (χ2v) is 9.43. The van der Waals surface area contributed by atoms with Gasteiger partial charge in [0, 0.05) is 28.9 Å². The quantitative estimate of drug-likeness (QED) is 0.253. The second-order valence-electron chi connectivity index (χ2n) is 9.43. The topological polar surface area (TPSA) is 146 Å². The van der Waals surface area contributed by atoms with E-state index in [1.54, 1.807) is 25.3 Å². The predicted octanol–water partition coefficient (Wildman–Crippen LogP) is 4.31. The molecule has 1 amide bonds. The lowest BCUT2D eigenvalue weighted by atomic mass is 9.98. The Morgan fingerprint density at radius 2 is 1.81 bits per heavy atom. The highest BCUT2D eigenvalue weighted by Gasteiger charge is 2.25. The van der Waals surface area contributed by atoms with Crippen molar-refractivity contribution >= 4 is 44.7 Å². The van der Waals surface area contributed by atoms with Gasteiger partial charge in [0.1, 0.15) is 28.7 Å². The molecule has 9 heteroatoms. The summed E-state index contributed by atoms with van der Waals surface area (Å²) >= 11 is 0. The summed E-state index contributed by atoms with van der Waals surface area (Å²) in [6, 6.07) is 5.29. The Morgan fingerprint density at radius 1 is 1.05 bits per heavy atom. The van der Waals surface area contributed by atoms with Crippen LogP contribution in [0.3, 0.4) is 0 Å². The molecule has 9 nitrogen and oxygen atoms in total. The number of nitrogens with one attached hydrogen (secondary N) is 2. The van der Waals surface area contributed by atoms with Crippen molar-refractivity contribution in [2.75, 3.05) is 0 Å². The Balaban J connectivity index is 1.47. The SMILES string of the molecule is Cc1oc2c(c(C)cc3oc(=O)c(CC(=O)N[C@@H](Cc4c[nH]c5ccc(O)cc45)C(=O)O)c(C)c32)c1C. The number of carboxylic acids is 1. The molecule has 1 atom stereocenters. The van der Waals surface area contributed by atoms with E-state index >= 15 is 0 Å². The van der Waals surface area contributed by atoms with E-state index in [0.717, 1.165) is 27.8 Å². The first kappa shape index (κ1) is 24.2. The number of H-pyrrole nitrogens is 1. The minimum Gasteiger partial charge on any atom is -0.508 e. The fourth-order valence-corrected chi connectivity index (χ4v) is 5.00. The van der Waals surface area contributed by atoms with E-state index in [0.29, 0.717) is 33.1 Å². The molecule has 0 bridgehead atoms. The first-order chi connectivity index (χ1) is 17.5. The van der Waals surface area contributed by atoms with Crippen molar-refractivity contribution in [1.82, 2.24) is 10.3 Å². The van der Waals surface area contributed by atoms with Crippen LogP contribution in [0.2, 0.25) is 0 Å². The van der Waals surface area contributed by atoms with E-state index < -0.39 is 23.5 Å². The van der Waals surface area contributed by atoms with Gasteiger partial charge in [0.25, 0.3) is 0 Å². The number of hydrogen-bond donors (Lipinski definition) is 4. The summed E-state index contributed by atoms with van der Waals surface area (Å²) in [4.78, 5) is 40.8. The molecule has 0 saturated carbocycles. The van der Waals surface area contributed by atoms with Gasteiger partial charge in [-0.3, -0.25) is 4.79 Å². The van der Waals surface area contributed by atoms with Crippen LogP contribution in [0.15, 0.2) is 44.1 Å². The lowest BCUT2D eigenvalue weighted by Crippen LogP contribution is -2.43. The molecule has 0 fully saturated rings. The third-order valence-corrected chi connectivity index (χ3v) is 7.02. The lowest BCUT2D eigenvalue weighted by molar-refractivity contribution is -0.141. The fourth-order valence-electron chi connectivity index (χ4n) is 5.00. The first-order valence-corrected chi connectivity index (χ1v) is 11.8.